The molecule has 0 fully saturated rings. The van der Waals surface area contributed by atoms with E-state index in [-0.39, 0.29) is 5.78 Å². The molecule has 1 aliphatic carbocycles. The van der Waals surface area contributed by atoms with Gasteiger partial charge in [-0.2, -0.15) is 0 Å². The quantitative estimate of drug-likeness (QED) is 0.616. The Morgan fingerprint density at radius 3 is 2.80 bits per heavy atom. The van der Waals surface area contributed by atoms with Crippen LogP contribution in [0.3, 0.4) is 0 Å². The van der Waals surface area contributed by atoms with Gasteiger partial charge in [0.1, 0.15) is 0 Å². The Morgan fingerprint density at radius 2 is 2.20 bits per heavy atom. The summed E-state index contributed by atoms with van der Waals surface area (Å²) < 4.78 is 0. The van der Waals surface area contributed by atoms with Crippen LogP contribution in [0.2, 0.25) is 5.02 Å². The fraction of sp³-hybridized carbons (Fsp3) is 0.250. The number of nitrogens with two attached hydrogens (primary N) is 1. The van der Waals surface area contributed by atoms with Gasteiger partial charge in [-0.15, -0.1) is 0 Å². The number of Topliss-reactive ketones (excluding diaryl/α,β-unsaturated/α-hetero) is 1. The molecule has 1 aromatic rings. The molecule has 0 spiro atoms. The van der Waals surface area contributed by atoms with Crippen LogP contribution in [-0.4, -0.2) is 5.78 Å². The number of ketones is 1. The number of hydrogen-bond acceptors (Lipinski definition) is 2. The van der Waals surface area contributed by atoms with Gasteiger partial charge in [0.05, 0.1) is 10.6 Å². The first-order chi connectivity index (χ1) is 7.20. The lowest BCUT2D eigenvalue weighted by atomic mass is 10.0. The number of carbonyl (C=O) groups excluding carboxylic acids is 1. The molecule has 0 aromatic heterocycles. The summed E-state index contributed by atoms with van der Waals surface area (Å²) in [6, 6.07) is 5.15. The molecule has 78 valence electrons. The maximum Gasteiger partial charge on any atom is 0.192 e. The summed E-state index contributed by atoms with van der Waals surface area (Å²) in [6.07, 6.45) is 4.84. The summed E-state index contributed by atoms with van der Waals surface area (Å²) in [5.41, 5.74) is 7.51. The number of rotatable bonds is 2. The third-order valence-electron chi connectivity index (χ3n) is 2.61. The summed E-state index contributed by atoms with van der Waals surface area (Å²) in [5.74, 6) is -0.0180. The van der Waals surface area contributed by atoms with Gasteiger partial charge in [0.2, 0.25) is 0 Å². The maximum absolute atomic E-state index is 12.1. The minimum absolute atomic E-state index is 0.0180. The van der Waals surface area contributed by atoms with Crippen LogP contribution in [0.15, 0.2) is 29.8 Å². The van der Waals surface area contributed by atoms with Crippen LogP contribution < -0.4 is 5.73 Å². The third kappa shape index (κ3) is 1.90. The summed E-state index contributed by atoms with van der Waals surface area (Å²) in [7, 11) is 0. The summed E-state index contributed by atoms with van der Waals surface area (Å²) in [6.45, 7) is 0. The highest BCUT2D eigenvalue weighted by molar-refractivity contribution is 6.35. The van der Waals surface area contributed by atoms with E-state index in [1.165, 1.54) is 0 Å². The standard InChI is InChI=1S/C12H12ClNO/c13-9-6-3-7-10(14)11(9)12(15)8-4-1-2-5-8/h3-4,6-7H,1-2,5,14H2. The molecule has 0 atom stereocenters. The molecule has 0 saturated heterocycles. The van der Waals surface area contributed by atoms with Gasteiger partial charge in [-0.1, -0.05) is 23.7 Å². The number of benzene rings is 1. The van der Waals surface area contributed by atoms with E-state index >= 15 is 0 Å². The lowest BCUT2D eigenvalue weighted by Gasteiger charge is -2.07. The van der Waals surface area contributed by atoms with Crippen molar-refractivity contribution < 1.29 is 4.79 Å². The zero-order valence-electron chi connectivity index (χ0n) is 8.29. The van der Waals surface area contributed by atoms with Gasteiger partial charge in [0.25, 0.3) is 0 Å². The van der Waals surface area contributed by atoms with E-state index in [0.717, 1.165) is 24.8 Å². The van der Waals surface area contributed by atoms with E-state index < -0.39 is 0 Å². The van der Waals surface area contributed by atoms with Gasteiger partial charge in [0.15, 0.2) is 5.78 Å². The van der Waals surface area contributed by atoms with Gasteiger partial charge < -0.3 is 5.73 Å². The van der Waals surface area contributed by atoms with Gasteiger partial charge in [-0.3, -0.25) is 4.79 Å². The molecule has 1 aromatic carbocycles. The Balaban J connectivity index is 2.41. The molecule has 0 radical (unpaired) electrons. The molecule has 0 bridgehead atoms. The minimum Gasteiger partial charge on any atom is -0.398 e. The average Bonchev–Trinajstić information content (AvgIpc) is 2.69. The second-order valence-corrected chi connectivity index (χ2v) is 4.06. The topological polar surface area (TPSA) is 43.1 Å². The van der Waals surface area contributed by atoms with Crippen LogP contribution in [0, 0.1) is 0 Å². The Bertz CT molecular complexity index is 417. The Labute approximate surface area is 93.7 Å². The number of halogens is 1. The average molecular weight is 222 g/mol. The largest absolute Gasteiger partial charge is 0.398 e. The van der Waals surface area contributed by atoms with Gasteiger partial charge in [0, 0.05) is 5.69 Å². The first-order valence-corrected chi connectivity index (χ1v) is 5.35. The smallest absolute Gasteiger partial charge is 0.192 e. The Kier molecular flexibility index (Phi) is 2.78. The molecule has 0 heterocycles. The van der Waals surface area contributed by atoms with Crippen molar-refractivity contribution in [3.05, 3.63) is 40.4 Å². The van der Waals surface area contributed by atoms with Crippen molar-refractivity contribution in [1.29, 1.82) is 0 Å². The van der Waals surface area contributed by atoms with Crippen molar-refractivity contribution in [2.45, 2.75) is 19.3 Å². The SMILES string of the molecule is Nc1cccc(Cl)c1C(=O)C1=CCCC1. The van der Waals surface area contributed by atoms with Gasteiger partial charge >= 0.3 is 0 Å². The van der Waals surface area contributed by atoms with Gasteiger partial charge in [-0.25, -0.2) is 0 Å². The predicted molar refractivity (Wildman–Crippen MR) is 62.1 cm³/mol. The molecule has 0 aliphatic heterocycles. The molecule has 15 heavy (non-hydrogen) atoms. The molecule has 2 nitrogen and oxygen atoms in total. The number of anilines is 1. The molecule has 2 rings (SSSR count). The molecule has 0 unspecified atom stereocenters. The summed E-state index contributed by atoms with van der Waals surface area (Å²) >= 11 is 5.97. The number of nitrogen functional groups attached to an aromatic ring is 1. The molecule has 1 aliphatic rings. The number of allylic oxidation sites excluding steroid dienone is 2. The van der Waals surface area contributed by atoms with Crippen LogP contribution in [0.25, 0.3) is 0 Å². The molecule has 0 amide bonds. The first kappa shape index (κ1) is 10.2. The second kappa shape index (κ2) is 4.07. The van der Waals surface area contributed by atoms with Crippen LogP contribution in [-0.2, 0) is 0 Å². The van der Waals surface area contributed by atoms with E-state index in [2.05, 4.69) is 0 Å². The van der Waals surface area contributed by atoms with E-state index in [4.69, 9.17) is 17.3 Å². The molecule has 2 N–H and O–H groups in total. The lowest BCUT2D eigenvalue weighted by Crippen LogP contribution is -2.06. The van der Waals surface area contributed by atoms with Gasteiger partial charge in [-0.05, 0) is 37.0 Å². The van der Waals surface area contributed by atoms with Crippen molar-refractivity contribution >= 4 is 23.1 Å². The third-order valence-corrected chi connectivity index (χ3v) is 2.92. The second-order valence-electron chi connectivity index (χ2n) is 3.65. The fourth-order valence-corrected chi connectivity index (χ4v) is 2.09. The van der Waals surface area contributed by atoms with E-state index in [1.54, 1.807) is 18.2 Å². The van der Waals surface area contributed by atoms with E-state index in [0.29, 0.717) is 16.3 Å². The first-order valence-electron chi connectivity index (χ1n) is 4.98. The van der Waals surface area contributed by atoms with Crippen LogP contribution in [0.4, 0.5) is 5.69 Å². The zero-order chi connectivity index (χ0) is 10.8. The molecular weight excluding hydrogens is 210 g/mol. The van der Waals surface area contributed by atoms with Crippen molar-refractivity contribution in [2.75, 3.05) is 5.73 Å². The summed E-state index contributed by atoms with van der Waals surface area (Å²) in [5, 5.41) is 0.438. The predicted octanol–water partition coefficient (Wildman–Crippen LogP) is 3.22. The Hall–Kier alpha value is -1.28. The number of hydrogen-bond donors (Lipinski definition) is 1. The van der Waals surface area contributed by atoms with Crippen LogP contribution in [0.5, 0.6) is 0 Å². The van der Waals surface area contributed by atoms with E-state index in [9.17, 15) is 4.79 Å². The Morgan fingerprint density at radius 1 is 1.40 bits per heavy atom. The highest BCUT2D eigenvalue weighted by atomic mass is 35.5. The highest BCUT2D eigenvalue weighted by Gasteiger charge is 2.19. The van der Waals surface area contributed by atoms with Crippen molar-refractivity contribution in [1.82, 2.24) is 0 Å². The monoisotopic (exact) mass is 221 g/mol. The van der Waals surface area contributed by atoms with Crippen molar-refractivity contribution in [3.8, 4) is 0 Å². The van der Waals surface area contributed by atoms with E-state index in [1.807, 2.05) is 6.08 Å². The van der Waals surface area contributed by atoms with Crippen LogP contribution in [0.1, 0.15) is 29.6 Å². The maximum atomic E-state index is 12.1. The summed E-state index contributed by atoms with van der Waals surface area (Å²) in [4.78, 5) is 12.1. The highest BCUT2D eigenvalue weighted by Crippen LogP contribution is 2.28. The van der Waals surface area contributed by atoms with Crippen molar-refractivity contribution in [2.24, 2.45) is 0 Å². The molecule has 3 heteroatoms. The molecule has 0 saturated carbocycles. The minimum atomic E-state index is -0.0180. The lowest BCUT2D eigenvalue weighted by molar-refractivity contribution is 0.103. The number of carbonyl (C=O) groups is 1. The molecular formula is C12H12ClNO. The fourth-order valence-electron chi connectivity index (χ4n) is 1.82. The van der Waals surface area contributed by atoms with Crippen LogP contribution >= 0.6 is 11.6 Å². The normalized spacial score (nSPS) is 15.1. The zero-order valence-corrected chi connectivity index (χ0v) is 9.05. The van der Waals surface area contributed by atoms with Crippen molar-refractivity contribution in [3.63, 3.8) is 0 Å².